The summed E-state index contributed by atoms with van der Waals surface area (Å²) in [5.41, 5.74) is -1.87. The molecular formula is C11H8F2N4O3S. The standard InChI is InChI=1S/C11H8F2N4O3S/c1-2-8-15-16-11(21-8)14-10(18)6-3-5(12)4-7(9(6)13)17(19)20/h3-4H,2H2,1H3,(H,14,16,18). The quantitative estimate of drug-likeness (QED) is 0.690. The smallest absolute Gasteiger partial charge is 0.296 e. The second kappa shape index (κ2) is 5.87. The summed E-state index contributed by atoms with van der Waals surface area (Å²) in [6, 6.07) is 0.992. The predicted octanol–water partition coefficient (Wildman–Crippen LogP) is 2.54. The van der Waals surface area contributed by atoms with Crippen molar-refractivity contribution in [2.45, 2.75) is 13.3 Å². The molecule has 1 aromatic carbocycles. The first-order valence-electron chi connectivity index (χ1n) is 5.69. The molecule has 0 unspecified atom stereocenters. The fraction of sp³-hybridized carbons (Fsp3) is 0.182. The molecule has 0 aliphatic carbocycles. The van der Waals surface area contributed by atoms with E-state index in [1.54, 1.807) is 0 Å². The fourth-order valence-electron chi connectivity index (χ4n) is 1.48. The van der Waals surface area contributed by atoms with Crippen LogP contribution in [0.25, 0.3) is 0 Å². The molecule has 0 atom stereocenters. The van der Waals surface area contributed by atoms with Crippen LogP contribution >= 0.6 is 11.3 Å². The SMILES string of the molecule is CCc1nnc(NC(=O)c2cc(F)cc([N+](=O)[O-])c2F)s1. The van der Waals surface area contributed by atoms with Crippen molar-refractivity contribution < 1.29 is 18.5 Å². The van der Waals surface area contributed by atoms with Gasteiger partial charge in [-0.3, -0.25) is 20.2 Å². The van der Waals surface area contributed by atoms with Crippen LogP contribution < -0.4 is 5.32 Å². The van der Waals surface area contributed by atoms with Crippen molar-refractivity contribution in [1.82, 2.24) is 10.2 Å². The van der Waals surface area contributed by atoms with E-state index in [-0.39, 0.29) is 5.13 Å². The number of nitrogens with one attached hydrogen (secondary N) is 1. The van der Waals surface area contributed by atoms with Gasteiger partial charge in [0.05, 0.1) is 16.6 Å². The normalized spacial score (nSPS) is 10.4. The third kappa shape index (κ3) is 3.16. The second-order valence-corrected chi connectivity index (χ2v) is 4.91. The maximum Gasteiger partial charge on any atom is 0.308 e. The zero-order chi connectivity index (χ0) is 15.6. The Balaban J connectivity index is 2.32. The van der Waals surface area contributed by atoms with Crippen LogP contribution in [0.2, 0.25) is 0 Å². The van der Waals surface area contributed by atoms with Crippen molar-refractivity contribution in [2.75, 3.05) is 5.32 Å². The fourth-order valence-corrected chi connectivity index (χ4v) is 2.16. The van der Waals surface area contributed by atoms with Crippen LogP contribution in [0.4, 0.5) is 19.6 Å². The number of aryl methyl sites for hydroxylation is 1. The molecule has 1 amide bonds. The van der Waals surface area contributed by atoms with Gasteiger partial charge in [-0.25, -0.2) is 4.39 Å². The zero-order valence-corrected chi connectivity index (χ0v) is 11.4. The van der Waals surface area contributed by atoms with Crippen LogP contribution in [0, 0.1) is 21.7 Å². The molecule has 7 nitrogen and oxygen atoms in total. The molecule has 0 fully saturated rings. The highest BCUT2D eigenvalue weighted by molar-refractivity contribution is 7.15. The van der Waals surface area contributed by atoms with E-state index in [0.717, 1.165) is 11.3 Å². The van der Waals surface area contributed by atoms with Gasteiger partial charge in [0.25, 0.3) is 5.91 Å². The van der Waals surface area contributed by atoms with E-state index in [1.807, 2.05) is 6.92 Å². The predicted molar refractivity (Wildman–Crippen MR) is 70.3 cm³/mol. The van der Waals surface area contributed by atoms with Gasteiger partial charge in [0.2, 0.25) is 10.9 Å². The van der Waals surface area contributed by atoms with Crippen LogP contribution in [-0.4, -0.2) is 21.0 Å². The van der Waals surface area contributed by atoms with E-state index < -0.39 is 33.7 Å². The molecule has 1 N–H and O–H groups in total. The largest absolute Gasteiger partial charge is 0.308 e. The highest BCUT2D eigenvalue weighted by atomic mass is 32.1. The van der Waals surface area contributed by atoms with E-state index in [1.165, 1.54) is 0 Å². The third-order valence-electron chi connectivity index (χ3n) is 2.45. The van der Waals surface area contributed by atoms with Crippen molar-refractivity contribution >= 4 is 28.1 Å². The minimum Gasteiger partial charge on any atom is -0.296 e. The Kier molecular flexibility index (Phi) is 4.17. The first kappa shape index (κ1) is 14.9. The molecule has 0 saturated carbocycles. The minimum absolute atomic E-state index is 0.100. The Morgan fingerprint density at radius 1 is 1.43 bits per heavy atom. The summed E-state index contributed by atoms with van der Waals surface area (Å²) >= 11 is 1.07. The van der Waals surface area contributed by atoms with Crippen molar-refractivity contribution in [2.24, 2.45) is 0 Å². The lowest BCUT2D eigenvalue weighted by Crippen LogP contribution is -2.15. The van der Waals surface area contributed by atoms with Gasteiger partial charge in [0.15, 0.2) is 0 Å². The minimum atomic E-state index is -1.40. The lowest BCUT2D eigenvalue weighted by atomic mass is 10.1. The van der Waals surface area contributed by atoms with Crippen molar-refractivity contribution in [3.8, 4) is 0 Å². The Morgan fingerprint density at radius 2 is 2.14 bits per heavy atom. The van der Waals surface area contributed by atoms with Gasteiger partial charge >= 0.3 is 5.69 Å². The number of hydrogen-bond acceptors (Lipinski definition) is 6. The Bertz CT molecular complexity index is 719. The molecule has 0 saturated heterocycles. The number of nitro benzene ring substituents is 1. The summed E-state index contributed by atoms with van der Waals surface area (Å²) in [5, 5.41) is 21.0. The molecule has 10 heteroatoms. The summed E-state index contributed by atoms with van der Waals surface area (Å²) in [6.45, 7) is 1.84. The van der Waals surface area contributed by atoms with Gasteiger partial charge in [0, 0.05) is 0 Å². The van der Waals surface area contributed by atoms with Gasteiger partial charge in [-0.15, -0.1) is 10.2 Å². The van der Waals surface area contributed by atoms with Gasteiger partial charge in [-0.1, -0.05) is 18.3 Å². The number of rotatable bonds is 4. The third-order valence-corrected chi connectivity index (χ3v) is 3.43. The summed E-state index contributed by atoms with van der Waals surface area (Å²) in [4.78, 5) is 21.4. The number of aromatic nitrogens is 2. The number of hydrogen-bond donors (Lipinski definition) is 1. The highest BCUT2D eigenvalue weighted by Crippen LogP contribution is 2.24. The molecule has 0 bridgehead atoms. The molecular weight excluding hydrogens is 306 g/mol. The molecule has 0 aliphatic heterocycles. The molecule has 1 heterocycles. The number of nitro groups is 1. The topological polar surface area (TPSA) is 98.0 Å². The Morgan fingerprint density at radius 3 is 2.71 bits per heavy atom. The van der Waals surface area contributed by atoms with Crippen molar-refractivity contribution in [3.05, 3.63) is 44.5 Å². The van der Waals surface area contributed by atoms with E-state index in [0.29, 0.717) is 23.6 Å². The average molecular weight is 314 g/mol. The van der Waals surface area contributed by atoms with Crippen molar-refractivity contribution in [1.29, 1.82) is 0 Å². The molecule has 0 radical (unpaired) electrons. The van der Waals surface area contributed by atoms with Crippen LogP contribution in [-0.2, 0) is 6.42 Å². The van der Waals surface area contributed by atoms with E-state index in [2.05, 4.69) is 15.5 Å². The zero-order valence-electron chi connectivity index (χ0n) is 10.6. The maximum atomic E-state index is 13.8. The number of nitrogens with zero attached hydrogens (tertiary/aromatic N) is 3. The molecule has 21 heavy (non-hydrogen) atoms. The number of benzene rings is 1. The lowest BCUT2D eigenvalue weighted by Gasteiger charge is -2.03. The first-order valence-corrected chi connectivity index (χ1v) is 6.51. The summed E-state index contributed by atoms with van der Waals surface area (Å²) in [7, 11) is 0. The Hall–Kier alpha value is -2.49. The van der Waals surface area contributed by atoms with E-state index >= 15 is 0 Å². The number of carbonyl (C=O) groups is 1. The molecule has 1 aromatic heterocycles. The van der Waals surface area contributed by atoms with Crippen LogP contribution in [0.3, 0.4) is 0 Å². The maximum absolute atomic E-state index is 13.8. The molecule has 110 valence electrons. The van der Waals surface area contributed by atoms with Gasteiger partial charge in [-0.05, 0) is 12.5 Å². The molecule has 0 spiro atoms. The monoisotopic (exact) mass is 314 g/mol. The average Bonchev–Trinajstić information content (AvgIpc) is 2.88. The summed E-state index contributed by atoms with van der Waals surface area (Å²) in [5.74, 6) is -3.52. The van der Waals surface area contributed by atoms with Gasteiger partial charge < -0.3 is 0 Å². The molecule has 0 aliphatic rings. The van der Waals surface area contributed by atoms with Crippen LogP contribution in [0.15, 0.2) is 12.1 Å². The van der Waals surface area contributed by atoms with E-state index in [9.17, 15) is 23.7 Å². The molecule has 2 rings (SSSR count). The number of halogens is 2. The van der Waals surface area contributed by atoms with Crippen LogP contribution in [0.1, 0.15) is 22.3 Å². The van der Waals surface area contributed by atoms with E-state index in [4.69, 9.17) is 0 Å². The van der Waals surface area contributed by atoms with Gasteiger partial charge in [-0.2, -0.15) is 4.39 Å². The second-order valence-electron chi connectivity index (χ2n) is 3.85. The summed E-state index contributed by atoms with van der Waals surface area (Å²) in [6.07, 6.45) is 0.604. The Labute approximate surface area is 120 Å². The highest BCUT2D eigenvalue weighted by Gasteiger charge is 2.24. The lowest BCUT2D eigenvalue weighted by molar-refractivity contribution is -0.387. The molecule has 2 aromatic rings. The summed E-state index contributed by atoms with van der Waals surface area (Å²) < 4.78 is 27.1. The van der Waals surface area contributed by atoms with Gasteiger partial charge in [0.1, 0.15) is 10.8 Å². The first-order chi connectivity index (χ1) is 9.92. The van der Waals surface area contributed by atoms with Crippen molar-refractivity contribution in [3.63, 3.8) is 0 Å². The van der Waals surface area contributed by atoms with Crippen LogP contribution in [0.5, 0.6) is 0 Å². The number of amides is 1. The number of carbonyl (C=O) groups excluding carboxylic acids is 1. The number of anilines is 1.